The molecule has 1 aromatic rings. The predicted molar refractivity (Wildman–Crippen MR) is 64.6 cm³/mol. The first-order chi connectivity index (χ1) is 6.81. The maximum atomic E-state index is 4.26. The number of aryl methyl sites for hydroxylation is 1. The van der Waals surface area contributed by atoms with Gasteiger partial charge in [0.15, 0.2) is 0 Å². The minimum absolute atomic E-state index is 0.912. The van der Waals surface area contributed by atoms with Crippen LogP contribution < -0.4 is 5.32 Å². The van der Waals surface area contributed by atoms with E-state index in [0.717, 1.165) is 17.8 Å². The average molecular weight is 192 g/mol. The second-order valence-electron chi connectivity index (χ2n) is 2.58. The van der Waals surface area contributed by atoms with E-state index in [9.17, 15) is 0 Å². The molecule has 1 N–H and O–H groups in total. The molecule has 0 bridgehead atoms. The van der Waals surface area contributed by atoms with Gasteiger partial charge in [-0.1, -0.05) is 27.4 Å². The van der Waals surface area contributed by atoms with Crippen molar-refractivity contribution in [1.82, 2.24) is 4.98 Å². The van der Waals surface area contributed by atoms with Crippen LogP contribution in [0.2, 0.25) is 0 Å². The van der Waals surface area contributed by atoms with Crippen molar-refractivity contribution in [1.29, 1.82) is 0 Å². The number of aromatic nitrogens is 1. The van der Waals surface area contributed by atoms with Gasteiger partial charge in [-0.15, -0.1) is 0 Å². The van der Waals surface area contributed by atoms with Gasteiger partial charge < -0.3 is 5.32 Å². The Morgan fingerprint density at radius 3 is 2.57 bits per heavy atom. The van der Waals surface area contributed by atoms with Crippen LogP contribution in [0.3, 0.4) is 0 Å². The van der Waals surface area contributed by atoms with Gasteiger partial charge in [0.1, 0.15) is 0 Å². The lowest BCUT2D eigenvalue weighted by molar-refractivity contribution is 1.10. The summed E-state index contributed by atoms with van der Waals surface area (Å²) in [5.41, 5.74) is 3.20. The highest BCUT2D eigenvalue weighted by atomic mass is 14.9. The van der Waals surface area contributed by atoms with Crippen LogP contribution in [0.25, 0.3) is 6.08 Å². The van der Waals surface area contributed by atoms with E-state index in [4.69, 9.17) is 0 Å². The molecule has 1 aromatic heterocycles. The number of anilines is 1. The van der Waals surface area contributed by atoms with Crippen LogP contribution in [0, 0.1) is 0 Å². The molecule has 0 aliphatic rings. The highest BCUT2D eigenvalue weighted by Gasteiger charge is 1.98. The van der Waals surface area contributed by atoms with Crippen LogP contribution in [0.4, 0.5) is 5.69 Å². The van der Waals surface area contributed by atoms with Crippen molar-refractivity contribution < 1.29 is 0 Å². The van der Waals surface area contributed by atoms with Gasteiger partial charge in [-0.3, -0.25) is 4.98 Å². The van der Waals surface area contributed by atoms with E-state index < -0.39 is 0 Å². The summed E-state index contributed by atoms with van der Waals surface area (Å²) in [6.07, 6.45) is 4.65. The van der Waals surface area contributed by atoms with Crippen molar-refractivity contribution in [2.45, 2.75) is 27.2 Å². The van der Waals surface area contributed by atoms with Crippen LogP contribution in [0.5, 0.6) is 0 Å². The molecule has 1 rings (SSSR count). The van der Waals surface area contributed by atoms with E-state index >= 15 is 0 Å². The van der Waals surface area contributed by atoms with Gasteiger partial charge in [0, 0.05) is 13.2 Å². The molecule has 0 aliphatic carbocycles. The van der Waals surface area contributed by atoms with Gasteiger partial charge in [0.25, 0.3) is 0 Å². The molecule has 78 valence electrons. The van der Waals surface area contributed by atoms with Gasteiger partial charge in [0.2, 0.25) is 0 Å². The molecular formula is C12H20N2. The monoisotopic (exact) mass is 192 g/mol. The Morgan fingerprint density at radius 1 is 1.50 bits per heavy atom. The molecule has 0 radical (unpaired) electrons. The fourth-order valence-corrected chi connectivity index (χ4v) is 1.07. The largest absolute Gasteiger partial charge is 0.386 e. The molecule has 2 nitrogen and oxygen atoms in total. The molecule has 14 heavy (non-hydrogen) atoms. The summed E-state index contributed by atoms with van der Waals surface area (Å²) in [5, 5.41) is 3.09. The number of nitrogens with zero attached hydrogens (tertiary/aromatic N) is 1. The van der Waals surface area contributed by atoms with Crippen molar-refractivity contribution in [3.63, 3.8) is 0 Å². The molecule has 0 spiro atoms. The maximum Gasteiger partial charge on any atom is 0.0855 e. The standard InChI is InChI=1S/C10H14N2.C2H6/c1-4-8-6-10(11-3)9(5-2)12-7-8;1-2/h5-7,11H,2,4H2,1,3H3;1-2H3. The molecule has 2 heteroatoms. The van der Waals surface area contributed by atoms with E-state index in [-0.39, 0.29) is 0 Å². The van der Waals surface area contributed by atoms with Crippen LogP contribution in [0.1, 0.15) is 32.0 Å². The number of rotatable bonds is 3. The molecular weight excluding hydrogens is 172 g/mol. The smallest absolute Gasteiger partial charge is 0.0855 e. The second-order valence-corrected chi connectivity index (χ2v) is 2.58. The molecule has 0 saturated carbocycles. The SMILES string of the molecule is C=Cc1ncc(CC)cc1NC.CC. The van der Waals surface area contributed by atoms with Crippen LogP contribution in [-0.2, 0) is 6.42 Å². The fraction of sp³-hybridized carbons (Fsp3) is 0.417. The molecule has 0 aromatic carbocycles. The Morgan fingerprint density at radius 2 is 2.14 bits per heavy atom. The number of pyridine rings is 1. The fourth-order valence-electron chi connectivity index (χ4n) is 1.07. The lowest BCUT2D eigenvalue weighted by Gasteiger charge is -2.05. The van der Waals surface area contributed by atoms with Crippen LogP contribution in [-0.4, -0.2) is 12.0 Å². The topological polar surface area (TPSA) is 24.9 Å². The molecule has 0 saturated heterocycles. The first-order valence-corrected chi connectivity index (χ1v) is 5.11. The van der Waals surface area contributed by atoms with E-state index in [1.165, 1.54) is 5.56 Å². The summed E-state index contributed by atoms with van der Waals surface area (Å²) in [7, 11) is 1.89. The molecule has 0 atom stereocenters. The Balaban J connectivity index is 0.000000791. The maximum absolute atomic E-state index is 4.26. The number of hydrogen-bond donors (Lipinski definition) is 1. The quantitative estimate of drug-likeness (QED) is 0.794. The van der Waals surface area contributed by atoms with E-state index in [1.54, 1.807) is 6.08 Å². The Labute approximate surface area is 87.1 Å². The summed E-state index contributed by atoms with van der Waals surface area (Å²) in [5.74, 6) is 0. The van der Waals surface area contributed by atoms with Crippen LogP contribution >= 0.6 is 0 Å². The predicted octanol–water partition coefficient (Wildman–Crippen LogP) is 3.35. The Hall–Kier alpha value is -1.31. The van der Waals surface area contributed by atoms with Crippen molar-refractivity contribution in [2.75, 3.05) is 12.4 Å². The third-order valence-corrected chi connectivity index (χ3v) is 1.85. The minimum atomic E-state index is 0.912. The lowest BCUT2D eigenvalue weighted by Crippen LogP contribution is -1.95. The van der Waals surface area contributed by atoms with Gasteiger partial charge in [-0.2, -0.15) is 0 Å². The zero-order valence-electron chi connectivity index (χ0n) is 9.59. The highest BCUT2D eigenvalue weighted by Crippen LogP contribution is 2.15. The Bertz CT molecular complexity index is 280. The molecule has 0 unspecified atom stereocenters. The zero-order chi connectivity index (χ0) is 11.0. The van der Waals surface area contributed by atoms with E-state index in [0.29, 0.717) is 0 Å². The Kier molecular flexibility index (Phi) is 6.46. The summed E-state index contributed by atoms with van der Waals surface area (Å²) in [6.45, 7) is 9.81. The molecule has 0 aliphatic heterocycles. The number of hydrogen-bond acceptors (Lipinski definition) is 2. The molecule has 0 fully saturated rings. The minimum Gasteiger partial charge on any atom is -0.386 e. The summed E-state index contributed by atoms with van der Waals surface area (Å²) in [4.78, 5) is 4.26. The first-order valence-electron chi connectivity index (χ1n) is 5.11. The first kappa shape index (κ1) is 12.7. The lowest BCUT2D eigenvalue weighted by atomic mass is 10.2. The van der Waals surface area contributed by atoms with Crippen molar-refractivity contribution in [3.8, 4) is 0 Å². The van der Waals surface area contributed by atoms with Gasteiger partial charge >= 0.3 is 0 Å². The highest BCUT2D eigenvalue weighted by molar-refractivity contribution is 5.62. The van der Waals surface area contributed by atoms with Gasteiger partial charge in [0.05, 0.1) is 11.4 Å². The van der Waals surface area contributed by atoms with Gasteiger partial charge in [-0.25, -0.2) is 0 Å². The van der Waals surface area contributed by atoms with Crippen molar-refractivity contribution in [3.05, 3.63) is 30.1 Å². The third-order valence-electron chi connectivity index (χ3n) is 1.85. The van der Waals surface area contributed by atoms with E-state index in [1.807, 2.05) is 27.1 Å². The third kappa shape index (κ3) is 3.21. The molecule has 0 amide bonds. The van der Waals surface area contributed by atoms with E-state index in [2.05, 4.69) is 29.9 Å². The second kappa shape index (κ2) is 7.13. The molecule has 1 heterocycles. The zero-order valence-corrected chi connectivity index (χ0v) is 9.59. The van der Waals surface area contributed by atoms with Crippen molar-refractivity contribution in [2.24, 2.45) is 0 Å². The van der Waals surface area contributed by atoms with Crippen LogP contribution in [0.15, 0.2) is 18.8 Å². The summed E-state index contributed by atoms with van der Waals surface area (Å²) < 4.78 is 0. The normalized spacial score (nSPS) is 8.57. The average Bonchev–Trinajstić information content (AvgIpc) is 2.30. The van der Waals surface area contributed by atoms with Gasteiger partial charge in [-0.05, 0) is 24.1 Å². The summed E-state index contributed by atoms with van der Waals surface area (Å²) >= 11 is 0. The van der Waals surface area contributed by atoms with Crippen molar-refractivity contribution >= 4 is 11.8 Å². The summed E-state index contributed by atoms with van der Waals surface area (Å²) in [6, 6.07) is 2.10. The number of nitrogens with one attached hydrogen (secondary N) is 1.